The third-order valence-electron chi connectivity index (χ3n) is 2.88. The second-order valence-electron chi connectivity index (χ2n) is 4.93. The lowest BCUT2D eigenvalue weighted by Gasteiger charge is -2.14. The number of benzene rings is 2. The topological polar surface area (TPSA) is 12.0 Å². The Labute approximate surface area is 145 Å². The van der Waals surface area contributed by atoms with Gasteiger partial charge in [0.2, 0.25) is 0 Å². The summed E-state index contributed by atoms with van der Waals surface area (Å²) in [7, 11) is 0. The highest BCUT2D eigenvalue weighted by molar-refractivity contribution is 7.99. The molecule has 0 saturated heterocycles. The maximum Gasteiger partial charge on any atom is 0.0546 e. The molecule has 0 aromatic heterocycles. The van der Waals surface area contributed by atoms with E-state index in [4.69, 9.17) is 34.8 Å². The molecule has 0 heterocycles. The lowest BCUT2D eigenvalue weighted by molar-refractivity contribution is 0.585. The molecule has 112 valence electrons. The number of hydrogen-bond donors (Lipinski definition) is 1. The van der Waals surface area contributed by atoms with E-state index in [0.717, 1.165) is 26.9 Å². The Kier molecular flexibility index (Phi) is 6.27. The molecule has 0 spiro atoms. The summed E-state index contributed by atoms with van der Waals surface area (Å²) in [6.07, 6.45) is 0. The predicted octanol–water partition coefficient (Wildman–Crippen LogP) is 6.30. The Morgan fingerprint density at radius 3 is 2.48 bits per heavy atom. The van der Waals surface area contributed by atoms with Crippen molar-refractivity contribution in [3.63, 3.8) is 0 Å². The molecule has 1 nitrogen and oxygen atoms in total. The van der Waals surface area contributed by atoms with Crippen LogP contribution < -0.4 is 5.32 Å². The predicted molar refractivity (Wildman–Crippen MR) is 94.0 cm³/mol. The van der Waals surface area contributed by atoms with Crippen LogP contribution in [0.25, 0.3) is 0 Å². The third kappa shape index (κ3) is 4.80. The molecule has 1 N–H and O–H groups in total. The van der Waals surface area contributed by atoms with Gasteiger partial charge in [0, 0.05) is 32.4 Å². The number of nitrogens with one attached hydrogen (secondary N) is 1. The standard InChI is InChI=1S/C16H16Cl3NS/c1-10(2)20-9-12-13(18)4-3-5-15(12)21-16-8-11(17)6-7-14(16)19/h3-8,10,20H,9H2,1-2H3. The summed E-state index contributed by atoms with van der Waals surface area (Å²) >= 11 is 20.2. The summed E-state index contributed by atoms with van der Waals surface area (Å²) in [5, 5.41) is 5.51. The minimum absolute atomic E-state index is 0.397. The van der Waals surface area contributed by atoms with Crippen molar-refractivity contribution in [3.05, 3.63) is 57.0 Å². The summed E-state index contributed by atoms with van der Waals surface area (Å²) in [5.41, 5.74) is 1.08. The van der Waals surface area contributed by atoms with E-state index in [1.165, 1.54) is 0 Å². The monoisotopic (exact) mass is 359 g/mol. The summed E-state index contributed by atoms with van der Waals surface area (Å²) in [5.74, 6) is 0. The third-order valence-corrected chi connectivity index (χ3v) is 5.07. The minimum Gasteiger partial charge on any atom is -0.310 e. The van der Waals surface area contributed by atoms with Gasteiger partial charge in [-0.05, 0) is 35.9 Å². The highest BCUT2D eigenvalue weighted by Crippen LogP contribution is 2.38. The molecule has 0 fully saturated rings. The number of halogens is 3. The van der Waals surface area contributed by atoms with Crippen LogP contribution in [-0.2, 0) is 6.54 Å². The van der Waals surface area contributed by atoms with E-state index in [1.54, 1.807) is 17.8 Å². The van der Waals surface area contributed by atoms with Gasteiger partial charge in [0.05, 0.1) is 5.02 Å². The SMILES string of the molecule is CC(C)NCc1c(Cl)cccc1Sc1cc(Cl)ccc1Cl. The van der Waals surface area contributed by atoms with Gasteiger partial charge in [-0.3, -0.25) is 0 Å². The van der Waals surface area contributed by atoms with Gasteiger partial charge in [-0.1, -0.05) is 66.5 Å². The van der Waals surface area contributed by atoms with E-state index in [9.17, 15) is 0 Å². The van der Waals surface area contributed by atoms with Gasteiger partial charge in [0.1, 0.15) is 0 Å². The van der Waals surface area contributed by atoms with Crippen LogP contribution in [0.5, 0.6) is 0 Å². The molecule has 0 atom stereocenters. The zero-order chi connectivity index (χ0) is 15.4. The molecule has 2 rings (SSSR count). The first-order valence-corrected chi connectivity index (χ1v) is 8.56. The molecule has 0 amide bonds. The van der Waals surface area contributed by atoms with Crippen LogP contribution in [0.15, 0.2) is 46.2 Å². The van der Waals surface area contributed by atoms with Gasteiger partial charge < -0.3 is 5.32 Å². The van der Waals surface area contributed by atoms with Crippen molar-refractivity contribution in [1.29, 1.82) is 0 Å². The Morgan fingerprint density at radius 2 is 1.76 bits per heavy atom. The normalized spacial score (nSPS) is 11.1. The highest BCUT2D eigenvalue weighted by atomic mass is 35.5. The minimum atomic E-state index is 0.397. The van der Waals surface area contributed by atoms with Crippen molar-refractivity contribution < 1.29 is 0 Å². The molecular weight excluding hydrogens is 345 g/mol. The average Bonchev–Trinajstić information content (AvgIpc) is 2.42. The van der Waals surface area contributed by atoms with Crippen LogP contribution in [0.3, 0.4) is 0 Å². The van der Waals surface area contributed by atoms with Gasteiger partial charge in [-0.25, -0.2) is 0 Å². The lowest BCUT2D eigenvalue weighted by atomic mass is 10.2. The van der Waals surface area contributed by atoms with Crippen molar-refractivity contribution in [1.82, 2.24) is 5.32 Å². The first-order valence-electron chi connectivity index (χ1n) is 6.61. The van der Waals surface area contributed by atoms with Crippen LogP contribution in [0.1, 0.15) is 19.4 Å². The summed E-state index contributed by atoms with van der Waals surface area (Å²) in [4.78, 5) is 2.01. The van der Waals surface area contributed by atoms with Crippen LogP contribution in [0, 0.1) is 0 Å². The molecule has 0 aliphatic rings. The Hall–Kier alpha value is -0.380. The second kappa shape index (κ2) is 7.75. The largest absolute Gasteiger partial charge is 0.310 e. The smallest absolute Gasteiger partial charge is 0.0546 e. The Balaban J connectivity index is 2.31. The molecule has 0 radical (unpaired) electrons. The quantitative estimate of drug-likeness (QED) is 0.672. The second-order valence-corrected chi connectivity index (χ2v) is 7.26. The van der Waals surface area contributed by atoms with Crippen LogP contribution in [0.2, 0.25) is 15.1 Å². The van der Waals surface area contributed by atoms with E-state index < -0.39 is 0 Å². The molecule has 5 heteroatoms. The summed E-state index contributed by atoms with van der Waals surface area (Å²) in [6.45, 7) is 4.94. The van der Waals surface area contributed by atoms with Gasteiger partial charge in [-0.15, -0.1) is 0 Å². The first kappa shape index (κ1) is 17.0. The summed E-state index contributed by atoms with van der Waals surface area (Å²) in [6, 6.07) is 11.8. The molecular formula is C16H16Cl3NS. The van der Waals surface area contributed by atoms with Gasteiger partial charge >= 0.3 is 0 Å². The molecule has 0 saturated carbocycles. The molecule has 21 heavy (non-hydrogen) atoms. The summed E-state index contributed by atoms with van der Waals surface area (Å²) < 4.78 is 0. The fraction of sp³-hybridized carbons (Fsp3) is 0.250. The lowest BCUT2D eigenvalue weighted by Crippen LogP contribution is -2.22. The number of rotatable bonds is 5. The average molecular weight is 361 g/mol. The van der Waals surface area contributed by atoms with Gasteiger partial charge in [0.15, 0.2) is 0 Å². The van der Waals surface area contributed by atoms with Crippen molar-refractivity contribution in [2.75, 3.05) is 0 Å². The van der Waals surface area contributed by atoms with Crippen LogP contribution in [-0.4, -0.2) is 6.04 Å². The van der Waals surface area contributed by atoms with E-state index in [2.05, 4.69) is 19.2 Å². The molecule has 0 aliphatic heterocycles. The van der Waals surface area contributed by atoms with Gasteiger partial charge in [-0.2, -0.15) is 0 Å². The van der Waals surface area contributed by atoms with Crippen LogP contribution >= 0.6 is 46.6 Å². The molecule has 2 aromatic rings. The molecule has 0 aliphatic carbocycles. The first-order chi connectivity index (χ1) is 9.97. The van der Waals surface area contributed by atoms with E-state index >= 15 is 0 Å². The Morgan fingerprint density at radius 1 is 1.00 bits per heavy atom. The van der Waals surface area contributed by atoms with Crippen molar-refractivity contribution in [2.45, 2.75) is 36.2 Å². The zero-order valence-electron chi connectivity index (χ0n) is 11.8. The zero-order valence-corrected chi connectivity index (χ0v) is 14.9. The van der Waals surface area contributed by atoms with E-state index in [0.29, 0.717) is 16.1 Å². The number of hydrogen-bond acceptors (Lipinski definition) is 2. The fourth-order valence-corrected chi connectivity index (χ4v) is 3.59. The molecule has 2 aromatic carbocycles. The fourth-order valence-electron chi connectivity index (χ4n) is 1.79. The maximum absolute atomic E-state index is 6.34. The molecule has 0 unspecified atom stereocenters. The van der Waals surface area contributed by atoms with Crippen molar-refractivity contribution >= 4 is 46.6 Å². The molecule has 0 bridgehead atoms. The maximum atomic E-state index is 6.34. The van der Waals surface area contributed by atoms with Gasteiger partial charge in [0.25, 0.3) is 0 Å². The van der Waals surface area contributed by atoms with Crippen molar-refractivity contribution in [2.24, 2.45) is 0 Å². The van der Waals surface area contributed by atoms with Crippen molar-refractivity contribution in [3.8, 4) is 0 Å². The van der Waals surface area contributed by atoms with E-state index in [1.807, 2.05) is 30.3 Å². The van der Waals surface area contributed by atoms with Crippen LogP contribution in [0.4, 0.5) is 0 Å². The highest BCUT2D eigenvalue weighted by Gasteiger charge is 2.11. The Bertz CT molecular complexity index is 629. The van der Waals surface area contributed by atoms with E-state index in [-0.39, 0.29) is 0 Å².